The van der Waals surface area contributed by atoms with Gasteiger partial charge >= 0.3 is 0 Å². The molecule has 0 aliphatic carbocycles. The highest BCUT2D eigenvalue weighted by Crippen LogP contribution is 2.29. The van der Waals surface area contributed by atoms with E-state index >= 15 is 0 Å². The highest BCUT2D eigenvalue weighted by molar-refractivity contribution is 6.31. The zero-order valence-electron chi connectivity index (χ0n) is 9.13. The van der Waals surface area contributed by atoms with Gasteiger partial charge in [0.2, 0.25) is 0 Å². The molecule has 0 aromatic heterocycles. The van der Waals surface area contributed by atoms with Gasteiger partial charge in [-0.05, 0) is 29.8 Å². The average Bonchev–Trinajstić information content (AvgIpc) is 2.28. The molecular formula is C13H9Cl2F2N. The Labute approximate surface area is 113 Å². The van der Waals surface area contributed by atoms with E-state index in [4.69, 9.17) is 28.9 Å². The van der Waals surface area contributed by atoms with Crippen LogP contribution in [0, 0.1) is 11.6 Å². The minimum atomic E-state index is -0.768. The molecule has 0 aliphatic heterocycles. The molecule has 94 valence electrons. The maximum atomic E-state index is 13.7. The van der Waals surface area contributed by atoms with Crippen LogP contribution in [0.1, 0.15) is 17.2 Å². The second kappa shape index (κ2) is 5.22. The van der Waals surface area contributed by atoms with Gasteiger partial charge in [-0.1, -0.05) is 35.3 Å². The number of benzene rings is 2. The summed E-state index contributed by atoms with van der Waals surface area (Å²) in [5, 5.41) is 0.450. The van der Waals surface area contributed by atoms with E-state index in [1.807, 2.05) is 0 Å². The Balaban J connectivity index is 2.44. The van der Waals surface area contributed by atoms with E-state index in [-0.39, 0.29) is 15.6 Å². The van der Waals surface area contributed by atoms with E-state index in [2.05, 4.69) is 0 Å². The maximum absolute atomic E-state index is 13.7. The fourth-order valence-electron chi connectivity index (χ4n) is 1.67. The number of halogens is 4. The van der Waals surface area contributed by atoms with Gasteiger partial charge in [-0.2, -0.15) is 0 Å². The third kappa shape index (κ3) is 2.64. The van der Waals surface area contributed by atoms with Crippen LogP contribution in [0.2, 0.25) is 10.0 Å². The Morgan fingerprint density at radius 1 is 0.944 bits per heavy atom. The SMILES string of the molecule is NC(c1ccc(Cl)cc1F)c1ccc(F)cc1Cl. The molecule has 5 heteroatoms. The topological polar surface area (TPSA) is 26.0 Å². The maximum Gasteiger partial charge on any atom is 0.129 e. The molecule has 18 heavy (non-hydrogen) atoms. The lowest BCUT2D eigenvalue weighted by Gasteiger charge is -2.15. The zero-order chi connectivity index (χ0) is 13.3. The first kappa shape index (κ1) is 13.3. The van der Waals surface area contributed by atoms with Gasteiger partial charge in [-0.3, -0.25) is 0 Å². The van der Waals surface area contributed by atoms with Crippen LogP contribution in [0.3, 0.4) is 0 Å². The van der Waals surface area contributed by atoms with Crippen molar-refractivity contribution < 1.29 is 8.78 Å². The monoisotopic (exact) mass is 287 g/mol. The van der Waals surface area contributed by atoms with Crippen LogP contribution in [-0.4, -0.2) is 0 Å². The number of hydrogen-bond acceptors (Lipinski definition) is 1. The first-order chi connectivity index (χ1) is 8.49. The van der Waals surface area contributed by atoms with Crippen LogP contribution in [0.25, 0.3) is 0 Å². The molecule has 2 aromatic rings. The molecule has 2 aromatic carbocycles. The summed E-state index contributed by atoms with van der Waals surface area (Å²) in [5.41, 5.74) is 6.64. The lowest BCUT2D eigenvalue weighted by atomic mass is 9.99. The fourth-order valence-corrected chi connectivity index (χ4v) is 2.12. The largest absolute Gasteiger partial charge is 0.320 e. The molecule has 1 atom stereocenters. The van der Waals surface area contributed by atoms with Crippen molar-refractivity contribution in [2.45, 2.75) is 6.04 Å². The van der Waals surface area contributed by atoms with Crippen molar-refractivity contribution in [1.29, 1.82) is 0 Å². The Bertz CT molecular complexity index is 536. The van der Waals surface area contributed by atoms with Crippen molar-refractivity contribution in [2.75, 3.05) is 0 Å². The summed E-state index contributed by atoms with van der Waals surface area (Å²) >= 11 is 11.6. The molecule has 0 spiro atoms. The van der Waals surface area contributed by atoms with Crippen LogP contribution in [0.5, 0.6) is 0 Å². The van der Waals surface area contributed by atoms with E-state index in [9.17, 15) is 8.78 Å². The highest BCUT2D eigenvalue weighted by atomic mass is 35.5. The van der Waals surface area contributed by atoms with Gasteiger partial charge in [0.05, 0.1) is 6.04 Å². The summed E-state index contributed by atoms with van der Waals surface area (Å²) in [6, 6.07) is 7.25. The minimum Gasteiger partial charge on any atom is -0.320 e. The number of hydrogen-bond donors (Lipinski definition) is 1. The van der Waals surface area contributed by atoms with Crippen molar-refractivity contribution in [2.24, 2.45) is 5.73 Å². The van der Waals surface area contributed by atoms with Gasteiger partial charge in [0.15, 0.2) is 0 Å². The lowest BCUT2D eigenvalue weighted by Crippen LogP contribution is -2.14. The van der Waals surface area contributed by atoms with Gasteiger partial charge < -0.3 is 5.73 Å². The third-order valence-electron chi connectivity index (χ3n) is 2.60. The van der Waals surface area contributed by atoms with E-state index in [1.54, 1.807) is 0 Å². The number of nitrogens with two attached hydrogens (primary N) is 1. The predicted octanol–water partition coefficient (Wildman–Crippen LogP) is 4.32. The quantitative estimate of drug-likeness (QED) is 0.875. The van der Waals surface area contributed by atoms with Crippen molar-refractivity contribution in [3.8, 4) is 0 Å². The summed E-state index contributed by atoms with van der Waals surface area (Å²) in [6.45, 7) is 0. The third-order valence-corrected chi connectivity index (χ3v) is 3.16. The van der Waals surface area contributed by atoms with Crippen LogP contribution < -0.4 is 5.73 Å². The molecule has 1 nitrogen and oxygen atoms in total. The average molecular weight is 288 g/mol. The van der Waals surface area contributed by atoms with E-state index in [0.717, 1.165) is 6.07 Å². The summed E-state index contributed by atoms with van der Waals surface area (Å²) in [7, 11) is 0. The Hall–Kier alpha value is -1.16. The molecule has 2 N–H and O–H groups in total. The molecule has 0 aliphatic rings. The van der Waals surface area contributed by atoms with Crippen molar-refractivity contribution in [1.82, 2.24) is 0 Å². The Morgan fingerprint density at radius 2 is 1.61 bits per heavy atom. The van der Waals surface area contributed by atoms with E-state index < -0.39 is 17.7 Å². The molecule has 0 saturated heterocycles. The molecular weight excluding hydrogens is 279 g/mol. The smallest absolute Gasteiger partial charge is 0.129 e. The van der Waals surface area contributed by atoms with Crippen LogP contribution in [0.4, 0.5) is 8.78 Å². The van der Waals surface area contributed by atoms with Gasteiger partial charge in [-0.25, -0.2) is 8.78 Å². The molecule has 0 fully saturated rings. The molecule has 0 bridgehead atoms. The van der Waals surface area contributed by atoms with E-state index in [1.165, 1.54) is 30.3 Å². The molecule has 0 amide bonds. The van der Waals surface area contributed by atoms with Crippen LogP contribution >= 0.6 is 23.2 Å². The molecule has 1 unspecified atom stereocenters. The Morgan fingerprint density at radius 3 is 2.22 bits per heavy atom. The summed E-state index contributed by atoms with van der Waals surface area (Å²) in [5.74, 6) is -0.983. The molecule has 0 saturated carbocycles. The molecule has 2 rings (SSSR count). The summed E-state index contributed by atoms with van der Waals surface area (Å²) in [6.07, 6.45) is 0. The molecule has 0 radical (unpaired) electrons. The first-order valence-electron chi connectivity index (χ1n) is 5.14. The van der Waals surface area contributed by atoms with Gasteiger partial charge in [0.25, 0.3) is 0 Å². The van der Waals surface area contributed by atoms with Crippen LogP contribution in [-0.2, 0) is 0 Å². The van der Waals surface area contributed by atoms with Crippen molar-refractivity contribution >= 4 is 23.2 Å². The summed E-state index contributed by atoms with van der Waals surface area (Å²) in [4.78, 5) is 0. The van der Waals surface area contributed by atoms with E-state index in [0.29, 0.717) is 5.56 Å². The second-order valence-electron chi connectivity index (χ2n) is 3.81. The van der Waals surface area contributed by atoms with Gasteiger partial charge in [-0.15, -0.1) is 0 Å². The predicted molar refractivity (Wildman–Crippen MR) is 68.9 cm³/mol. The summed E-state index contributed by atoms with van der Waals surface area (Å²) < 4.78 is 26.6. The molecule has 0 heterocycles. The number of rotatable bonds is 2. The zero-order valence-corrected chi connectivity index (χ0v) is 10.6. The normalized spacial score (nSPS) is 12.5. The standard InChI is InChI=1S/C13H9Cl2F2N/c14-7-1-3-10(12(17)5-7)13(18)9-4-2-8(16)6-11(9)15/h1-6,13H,18H2. The van der Waals surface area contributed by atoms with Gasteiger partial charge in [0.1, 0.15) is 11.6 Å². The van der Waals surface area contributed by atoms with Crippen molar-refractivity contribution in [3.05, 3.63) is 69.2 Å². The highest BCUT2D eigenvalue weighted by Gasteiger charge is 2.16. The van der Waals surface area contributed by atoms with Gasteiger partial charge in [0, 0.05) is 15.6 Å². The minimum absolute atomic E-state index is 0.164. The van der Waals surface area contributed by atoms with Crippen molar-refractivity contribution in [3.63, 3.8) is 0 Å². The lowest BCUT2D eigenvalue weighted by molar-refractivity contribution is 0.598. The first-order valence-corrected chi connectivity index (χ1v) is 5.90. The second-order valence-corrected chi connectivity index (χ2v) is 4.65. The van der Waals surface area contributed by atoms with Crippen LogP contribution in [0.15, 0.2) is 36.4 Å². The Kier molecular flexibility index (Phi) is 3.85. The fraction of sp³-hybridized carbons (Fsp3) is 0.0769.